The molecule has 0 spiro atoms. The van der Waals surface area contributed by atoms with Crippen molar-refractivity contribution in [1.82, 2.24) is 9.55 Å². The summed E-state index contributed by atoms with van der Waals surface area (Å²) in [6.07, 6.45) is 1.77. The Morgan fingerprint density at radius 2 is 1.93 bits per heavy atom. The molecule has 1 heterocycles. The molecule has 0 bridgehead atoms. The third kappa shape index (κ3) is 3.11. The van der Waals surface area contributed by atoms with Gasteiger partial charge in [-0.15, -0.1) is 0 Å². The Labute approximate surface area is 162 Å². The SMILES string of the molecule is Cc1ccc(F)c(-c2cccc(-n3cnc4cc([C@@H](C)N)ccc43)c2)c1Cl. The summed E-state index contributed by atoms with van der Waals surface area (Å²) >= 11 is 6.38. The zero-order chi connectivity index (χ0) is 19.1. The highest BCUT2D eigenvalue weighted by Crippen LogP contribution is 2.34. The quantitative estimate of drug-likeness (QED) is 0.488. The van der Waals surface area contributed by atoms with Crippen molar-refractivity contribution in [2.45, 2.75) is 19.9 Å². The minimum absolute atomic E-state index is 0.0469. The van der Waals surface area contributed by atoms with Gasteiger partial charge in [-0.2, -0.15) is 0 Å². The molecule has 3 nitrogen and oxygen atoms in total. The lowest BCUT2D eigenvalue weighted by atomic mass is 10.0. The first-order valence-electron chi connectivity index (χ1n) is 8.73. The number of nitrogens with two attached hydrogens (primary N) is 1. The first kappa shape index (κ1) is 17.7. The summed E-state index contributed by atoms with van der Waals surface area (Å²) in [5.41, 5.74) is 11.7. The maximum absolute atomic E-state index is 14.4. The Morgan fingerprint density at radius 3 is 2.70 bits per heavy atom. The molecule has 3 aromatic carbocycles. The molecule has 0 saturated carbocycles. The van der Waals surface area contributed by atoms with Gasteiger partial charge in [0.15, 0.2) is 0 Å². The molecular weight excluding hydrogens is 361 g/mol. The van der Waals surface area contributed by atoms with Crippen molar-refractivity contribution >= 4 is 22.6 Å². The third-order valence-corrected chi connectivity index (χ3v) is 5.28. The first-order chi connectivity index (χ1) is 13.0. The lowest BCUT2D eigenvalue weighted by molar-refractivity contribution is 0.631. The Kier molecular flexibility index (Phi) is 4.46. The number of halogens is 2. The lowest BCUT2D eigenvalue weighted by Gasteiger charge is -2.11. The molecule has 1 atom stereocenters. The van der Waals surface area contributed by atoms with Crippen molar-refractivity contribution in [3.63, 3.8) is 0 Å². The zero-order valence-electron chi connectivity index (χ0n) is 15.1. The van der Waals surface area contributed by atoms with Gasteiger partial charge in [0.2, 0.25) is 0 Å². The second-order valence-corrected chi connectivity index (χ2v) is 7.13. The van der Waals surface area contributed by atoms with Gasteiger partial charge in [0, 0.05) is 17.3 Å². The third-order valence-electron chi connectivity index (χ3n) is 4.79. The fourth-order valence-electron chi connectivity index (χ4n) is 3.25. The Hall–Kier alpha value is -2.69. The van der Waals surface area contributed by atoms with E-state index in [-0.39, 0.29) is 11.9 Å². The minimum Gasteiger partial charge on any atom is -0.324 e. The highest BCUT2D eigenvalue weighted by atomic mass is 35.5. The van der Waals surface area contributed by atoms with E-state index in [4.69, 9.17) is 17.3 Å². The van der Waals surface area contributed by atoms with E-state index in [0.29, 0.717) is 10.6 Å². The number of aromatic nitrogens is 2. The van der Waals surface area contributed by atoms with Gasteiger partial charge in [0.1, 0.15) is 12.1 Å². The first-order valence-corrected chi connectivity index (χ1v) is 9.11. The van der Waals surface area contributed by atoms with E-state index < -0.39 is 0 Å². The van der Waals surface area contributed by atoms with E-state index >= 15 is 0 Å². The van der Waals surface area contributed by atoms with Crippen LogP contribution in [0.5, 0.6) is 0 Å². The predicted octanol–water partition coefficient (Wildman–Crippen LogP) is 5.81. The van der Waals surface area contributed by atoms with Gasteiger partial charge in [-0.1, -0.05) is 35.9 Å². The normalized spacial score (nSPS) is 12.5. The molecule has 136 valence electrons. The number of aryl methyl sites for hydroxylation is 1. The standard InChI is InChI=1S/C22H19ClFN3/c1-13-6-8-18(24)21(22(13)23)16-4-3-5-17(10-16)27-12-26-19-11-15(14(2)25)7-9-20(19)27/h3-12,14H,25H2,1-2H3/t14-/m1/s1. The molecule has 2 N–H and O–H groups in total. The van der Waals surface area contributed by atoms with E-state index in [1.54, 1.807) is 12.4 Å². The van der Waals surface area contributed by atoms with Crippen LogP contribution in [0, 0.1) is 12.7 Å². The average Bonchev–Trinajstić information content (AvgIpc) is 3.08. The van der Waals surface area contributed by atoms with Crippen LogP contribution in [0.15, 0.2) is 60.9 Å². The van der Waals surface area contributed by atoms with E-state index in [1.165, 1.54) is 6.07 Å². The van der Waals surface area contributed by atoms with Crippen LogP contribution in [-0.2, 0) is 0 Å². The van der Waals surface area contributed by atoms with Crippen LogP contribution < -0.4 is 5.73 Å². The summed E-state index contributed by atoms with van der Waals surface area (Å²) in [7, 11) is 0. The number of benzene rings is 3. The van der Waals surface area contributed by atoms with Crippen LogP contribution in [0.2, 0.25) is 5.02 Å². The highest BCUT2D eigenvalue weighted by Gasteiger charge is 2.14. The number of imidazole rings is 1. The van der Waals surface area contributed by atoms with Crippen molar-refractivity contribution in [2.24, 2.45) is 5.73 Å². The molecular formula is C22H19ClFN3. The van der Waals surface area contributed by atoms with Gasteiger partial charge in [-0.3, -0.25) is 4.57 Å². The fourth-order valence-corrected chi connectivity index (χ4v) is 3.51. The number of nitrogens with zero attached hydrogens (tertiary/aromatic N) is 2. The Balaban J connectivity index is 1.85. The summed E-state index contributed by atoms with van der Waals surface area (Å²) < 4.78 is 16.4. The summed E-state index contributed by atoms with van der Waals surface area (Å²) in [4.78, 5) is 4.50. The van der Waals surface area contributed by atoms with Crippen LogP contribution in [0.3, 0.4) is 0 Å². The largest absolute Gasteiger partial charge is 0.324 e. The maximum Gasteiger partial charge on any atom is 0.132 e. The van der Waals surface area contributed by atoms with Crippen molar-refractivity contribution < 1.29 is 4.39 Å². The molecule has 0 radical (unpaired) electrons. The van der Waals surface area contributed by atoms with Gasteiger partial charge in [-0.05, 0) is 60.9 Å². The van der Waals surface area contributed by atoms with Crippen molar-refractivity contribution in [2.75, 3.05) is 0 Å². The monoisotopic (exact) mass is 379 g/mol. The van der Waals surface area contributed by atoms with Gasteiger partial charge >= 0.3 is 0 Å². The molecule has 0 saturated heterocycles. The topological polar surface area (TPSA) is 43.8 Å². The smallest absolute Gasteiger partial charge is 0.132 e. The van der Waals surface area contributed by atoms with Crippen LogP contribution in [0.4, 0.5) is 4.39 Å². The molecule has 5 heteroatoms. The molecule has 4 rings (SSSR count). The Bertz CT molecular complexity index is 1150. The number of rotatable bonds is 3. The number of hydrogen-bond acceptors (Lipinski definition) is 2. The summed E-state index contributed by atoms with van der Waals surface area (Å²) in [6.45, 7) is 3.82. The molecule has 4 aromatic rings. The molecule has 0 amide bonds. The van der Waals surface area contributed by atoms with E-state index in [0.717, 1.165) is 33.4 Å². The predicted molar refractivity (Wildman–Crippen MR) is 109 cm³/mol. The second-order valence-electron chi connectivity index (χ2n) is 6.75. The van der Waals surface area contributed by atoms with Crippen molar-refractivity contribution in [1.29, 1.82) is 0 Å². The minimum atomic E-state index is -0.334. The molecule has 1 aromatic heterocycles. The van der Waals surface area contributed by atoms with Crippen molar-refractivity contribution in [3.05, 3.63) is 82.9 Å². The van der Waals surface area contributed by atoms with Crippen LogP contribution in [0.25, 0.3) is 27.8 Å². The summed E-state index contributed by atoms with van der Waals surface area (Å²) in [5, 5.41) is 0.434. The van der Waals surface area contributed by atoms with E-state index in [2.05, 4.69) is 4.98 Å². The van der Waals surface area contributed by atoms with Crippen LogP contribution in [-0.4, -0.2) is 9.55 Å². The van der Waals surface area contributed by atoms with Crippen LogP contribution in [0.1, 0.15) is 24.1 Å². The average molecular weight is 380 g/mol. The molecule has 0 aliphatic rings. The van der Waals surface area contributed by atoms with Gasteiger partial charge in [0.25, 0.3) is 0 Å². The fraction of sp³-hybridized carbons (Fsp3) is 0.136. The van der Waals surface area contributed by atoms with Crippen molar-refractivity contribution in [3.8, 4) is 16.8 Å². The summed E-state index contributed by atoms with van der Waals surface area (Å²) in [5.74, 6) is -0.334. The molecule has 0 fully saturated rings. The summed E-state index contributed by atoms with van der Waals surface area (Å²) in [6, 6.07) is 16.7. The highest BCUT2D eigenvalue weighted by molar-refractivity contribution is 6.34. The zero-order valence-corrected chi connectivity index (χ0v) is 15.8. The number of fused-ring (bicyclic) bond motifs is 1. The van der Waals surface area contributed by atoms with Gasteiger partial charge < -0.3 is 5.73 Å². The molecule has 0 unspecified atom stereocenters. The lowest BCUT2D eigenvalue weighted by Crippen LogP contribution is -2.04. The molecule has 0 aliphatic heterocycles. The number of hydrogen-bond donors (Lipinski definition) is 1. The Morgan fingerprint density at radius 1 is 1.11 bits per heavy atom. The van der Waals surface area contributed by atoms with Gasteiger partial charge in [-0.25, -0.2) is 9.37 Å². The second kappa shape index (κ2) is 6.80. The molecule has 27 heavy (non-hydrogen) atoms. The van der Waals surface area contributed by atoms with Crippen LogP contribution >= 0.6 is 11.6 Å². The molecule has 0 aliphatic carbocycles. The maximum atomic E-state index is 14.4. The van der Waals surface area contributed by atoms with E-state index in [1.807, 2.05) is 60.9 Å². The van der Waals surface area contributed by atoms with E-state index in [9.17, 15) is 4.39 Å². The van der Waals surface area contributed by atoms with Gasteiger partial charge in [0.05, 0.1) is 16.1 Å².